The Kier molecular flexibility index (Phi) is 8.71. The van der Waals surface area contributed by atoms with Gasteiger partial charge in [0.1, 0.15) is 5.82 Å². The summed E-state index contributed by atoms with van der Waals surface area (Å²) in [5.41, 5.74) is 5.98. The molecule has 0 radical (unpaired) electrons. The van der Waals surface area contributed by atoms with Crippen LogP contribution in [0.25, 0.3) is 17.2 Å². The number of thioether (sulfide) groups is 1. The van der Waals surface area contributed by atoms with Gasteiger partial charge in [-0.05, 0) is 103 Å². The maximum Gasteiger partial charge on any atom is 0.227 e. The molecule has 3 rings (SSSR count). The zero-order valence-electron chi connectivity index (χ0n) is 19.5. The average molecular weight is 453 g/mol. The van der Waals surface area contributed by atoms with Crippen LogP contribution in [-0.2, 0) is 4.79 Å². The fourth-order valence-electron chi connectivity index (χ4n) is 4.14. The highest BCUT2D eigenvalue weighted by Gasteiger charge is 2.27. The number of benzene rings is 2. The van der Waals surface area contributed by atoms with Crippen LogP contribution in [0.1, 0.15) is 50.3 Å². The first kappa shape index (κ1) is 24.3. The van der Waals surface area contributed by atoms with Crippen molar-refractivity contribution in [2.45, 2.75) is 38.5 Å². The second kappa shape index (κ2) is 11.5. The fourth-order valence-corrected chi connectivity index (χ4v) is 4.55. The molecule has 1 aliphatic rings. The first-order chi connectivity index (χ1) is 15.5. The molecule has 0 atom stereocenters. The molecule has 0 aromatic heterocycles. The SMILES string of the molecule is CCNCCCN(CC)C(=O)CC1=C(C)/C(=C/c2ccc(SC)cc2)c2ccc(F)cc21. The third kappa shape index (κ3) is 5.70. The molecule has 0 saturated heterocycles. The predicted octanol–water partition coefficient (Wildman–Crippen LogP) is 6.11. The highest BCUT2D eigenvalue weighted by Crippen LogP contribution is 2.44. The predicted molar refractivity (Wildman–Crippen MR) is 135 cm³/mol. The molecule has 0 heterocycles. The summed E-state index contributed by atoms with van der Waals surface area (Å²) < 4.78 is 14.2. The summed E-state index contributed by atoms with van der Waals surface area (Å²) in [5.74, 6) is -0.177. The number of carbonyl (C=O) groups excluding carboxylic acids is 1. The van der Waals surface area contributed by atoms with E-state index in [0.29, 0.717) is 13.0 Å². The van der Waals surface area contributed by atoms with Gasteiger partial charge in [-0.25, -0.2) is 4.39 Å². The van der Waals surface area contributed by atoms with E-state index in [-0.39, 0.29) is 11.7 Å². The van der Waals surface area contributed by atoms with Crippen molar-refractivity contribution in [3.8, 4) is 0 Å². The summed E-state index contributed by atoms with van der Waals surface area (Å²) in [7, 11) is 0. The van der Waals surface area contributed by atoms with Gasteiger partial charge in [0.2, 0.25) is 5.91 Å². The van der Waals surface area contributed by atoms with E-state index < -0.39 is 0 Å². The molecule has 3 nitrogen and oxygen atoms in total. The molecule has 1 aliphatic carbocycles. The number of amides is 1. The second-order valence-corrected chi connectivity index (χ2v) is 8.86. The minimum atomic E-state index is -0.273. The highest BCUT2D eigenvalue weighted by atomic mass is 32.2. The van der Waals surface area contributed by atoms with Crippen LogP contribution in [0.3, 0.4) is 0 Å². The van der Waals surface area contributed by atoms with E-state index >= 15 is 0 Å². The molecule has 2 aromatic carbocycles. The topological polar surface area (TPSA) is 32.3 Å². The molecule has 1 amide bonds. The smallest absolute Gasteiger partial charge is 0.227 e. The number of halogens is 1. The lowest BCUT2D eigenvalue weighted by atomic mass is 10.0. The number of allylic oxidation sites excluding steroid dienone is 2. The molecule has 0 aliphatic heterocycles. The zero-order chi connectivity index (χ0) is 23.1. The van der Waals surface area contributed by atoms with Gasteiger partial charge in [0.15, 0.2) is 0 Å². The van der Waals surface area contributed by atoms with E-state index in [1.165, 1.54) is 11.0 Å². The molecule has 0 fully saturated rings. The van der Waals surface area contributed by atoms with E-state index in [2.05, 4.69) is 48.8 Å². The molecule has 1 N–H and O–H groups in total. The Hall–Kier alpha value is -2.37. The summed E-state index contributed by atoms with van der Waals surface area (Å²) in [6.45, 7) is 9.38. The third-order valence-electron chi connectivity index (χ3n) is 5.97. The Morgan fingerprint density at radius 3 is 2.53 bits per heavy atom. The van der Waals surface area contributed by atoms with Crippen molar-refractivity contribution in [1.29, 1.82) is 0 Å². The standard InChI is InChI=1S/C27H33FN2OS/c1-5-29-14-7-15-30(6-2)27(31)18-25-19(3)24(23-13-10-21(28)17-26(23)25)16-20-8-11-22(32-4)12-9-20/h8-13,16-17,29H,5-7,14-15,18H2,1-4H3/b24-16-. The van der Waals surface area contributed by atoms with Gasteiger partial charge in [0, 0.05) is 18.0 Å². The number of carbonyl (C=O) groups is 1. The van der Waals surface area contributed by atoms with Crippen LogP contribution >= 0.6 is 11.8 Å². The Morgan fingerprint density at radius 1 is 1.12 bits per heavy atom. The maximum atomic E-state index is 14.2. The summed E-state index contributed by atoms with van der Waals surface area (Å²) >= 11 is 1.71. The van der Waals surface area contributed by atoms with Gasteiger partial charge in [-0.15, -0.1) is 11.8 Å². The van der Waals surface area contributed by atoms with E-state index in [1.54, 1.807) is 17.8 Å². The molecule has 0 bridgehead atoms. The van der Waals surface area contributed by atoms with Crippen LogP contribution in [0, 0.1) is 5.82 Å². The molecule has 170 valence electrons. The molecule has 0 spiro atoms. The van der Waals surface area contributed by atoms with Crippen molar-refractivity contribution in [3.63, 3.8) is 0 Å². The summed E-state index contributed by atoms with van der Waals surface area (Å²) in [4.78, 5) is 16.2. The second-order valence-electron chi connectivity index (χ2n) is 7.98. The van der Waals surface area contributed by atoms with Gasteiger partial charge < -0.3 is 10.2 Å². The number of nitrogens with one attached hydrogen (secondary N) is 1. The lowest BCUT2D eigenvalue weighted by Gasteiger charge is -2.21. The molecule has 2 aromatic rings. The lowest BCUT2D eigenvalue weighted by molar-refractivity contribution is -0.129. The normalized spacial score (nSPS) is 14.2. The first-order valence-electron chi connectivity index (χ1n) is 11.3. The van der Waals surface area contributed by atoms with Crippen molar-refractivity contribution in [1.82, 2.24) is 10.2 Å². The van der Waals surface area contributed by atoms with Crippen LogP contribution in [-0.4, -0.2) is 43.2 Å². The Bertz CT molecular complexity index is 1010. The third-order valence-corrected chi connectivity index (χ3v) is 6.72. The van der Waals surface area contributed by atoms with Crippen LogP contribution in [0.2, 0.25) is 0 Å². The fraction of sp³-hybridized carbons (Fsp3) is 0.370. The summed E-state index contributed by atoms with van der Waals surface area (Å²) in [6, 6.07) is 13.3. The van der Waals surface area contributed by atoms with Crippen LogP contribution in [0.5, 0.6) is 0 Å². The number of hydrogen-bond acceptors (Lipinski definition) is 3. The van der Waals surface area contributed by atoms with Gasteiger partial charge in [0.05, 0.1) is 6.42 Å². The van der Waals surface area contributed by atoms with Gasteiger partial charge >= 0.3 is 0 Å². The van der Waals surface area contributed by atoms with Crippen molar-refractivity contribution in [2.75, 3.05) is 32.4 Å². The van der Waals surface area contributed by atoms with E-state index in [0.717, 1.165) is 59.5 Å². The number of hydrogen-bond donors (Lipinski definition) is 1. The molecular weight excluding hydrogens is 419 g/mol. The maximum absolute atomic E-state index is 14.2. The largest absolute Gasteiger partial charge is 0.343 e. The number of rotatable bonds is 10. The summed E-state index contributed by atoms with van der Waals surface area (Å²) in [6.07, 6.45) is 5.42. The molecule has 0 unspecified atom stereocenters. The minimum Gasteiger partial charge on any atom is -0.343 e. The monoisotopic (exact) mass is 452 g/mol. The zero-order valence-corrected chi connectivity index (χ0v) is 20.3. The number of nitrogens with zero attached hydrogens (tertiary/aromatic N) is 1. The van der Waals surface area contributed by atoms with Gasteiger partial charge in [0.25, 0.3) is 0 Å². The molecule has 0 saturated carbocycles. The van der Waals surface area contributed by atoms with Crippen LogP contribution in [0.4, 0.5) is 4.39 Å². The van der Waals surface area contributed by atoms with Crippen molar-refractivity contribution < 1.29 is 9.18 Å². The molecular formula is C27H33FN2OS. The van der Waals surface area contributed by atoms with E-state index in [9.17, 15) is 9.18 Å². The van der Waals surface area contributed by atoms with Crippen molar-refractivity contribution >= 4 is 34.9 Å². The lowest BCUT2D eigenvalue weighted by Crippen LogP contribution is -2.33. The van der Waals surface area contributed by atoms with E-state index in [4.69, 9.17) is 0 Å². The highest BCUT2D eigenvalue weighted by molar-refractivity contribution is 7.98. The minimum absolute atomic E-state index is 0.0964. The average Bonchev–Trinajstić information content (AvgIpc) is 3.04. The van der Waals surface area contributed by atoms with Crippen LogP contribution in [0.15, 0.2) is 52.9 Å². The Labute approximate surface area is 195 Å². The van der Waals surface area contributed by atoms with Crippen LogP contribution < -0.4 is 5.32 Å². The Balaban J connectivity index is 1.89. The van der Waals surface area contributed by atoms with Gasteiger partial charge in [-0.3, -0.25) is 4.79 Å². The number of fused-ring (bicyclic) bond motifs is 1. The van der Waals surface area contributed by atoms with Gasteiger partial charge in [-0.2, -0.15) is 0 Å². The quantitative estimate of drug-likeness (QED) is 0.348. The first-order valence-corrected chi connectivity index (χ1v) is 12.6. The van der Waals surface area contributed by atoms with Crippen molar-refractivity contribution in [3.05, 3.63) is 70.5 Å². The summed E-state index contributed by atoms with van der Waals surface area (Å²) in [5, 5.41) is 3.30. The molecule has 5 heteroatoms. The molecule has 32 heavy (non-hydrogen) atoms. The van der Waals surface area contributed by atoms with Gasteiger partial charge in [-0.1, -0.05) is 25.1 Å². The Morgan fingerprint density at radius 2 is 1.88 bits per heavy atom. The van der Waals surface area contributed by atoms with E-state index in [1.807, 2.05) is 24.8 Å². The van der Waals surface area contributed by atoms with Crippen molar-refractivity contribution in [2.24, 2.45) is 0 Å².